The molecular weight excluding hydrogens is 418 g/mol. The number of nitrogens with one attached hydrogen (secondary N) is 1. The number of hydrogen-bond acceptors (Lipinski definition) is 4. The van der Waals surface area contributed by atoms with Crippen LogP contribution in [0.15, 0.2) is 36.4 Å². The predicted molar refractivity (Wildman–Crippen MR) is 130 cm³/mol. The van der Waals surface area contributed by atoms with Gasteiger partial charge in [0, 0.05) is 24.4 Å². The topological polar surface area (TPSA) is 104 Å². The molecule has 0 bridgehead atoms. The van der Waals surface area contributed by atoms with Crippen LogP contribution < -0.4 is 5.32 Å². The Balaban J connectivity index is 1.62. The number of Topliss-reactive ketones (excluding diaryl/α,β-unsaturated/α-hetero) is 1. The van der Waals surface area contributed by atoms with Gasteiger partial charge in [-0.1, -0.05) is 57.6 Å². The fraction of sp³-hybridized carbons (Fsp3) is 0.593. The number of rotatable bonds is 15. The van der Waals surface area contributed by atoms with Crippen LogP contribution in [0.25, 0.3) is 0 Å². The molecule has 3 N–H and O–H groups in total. The van der Waals surface area contributed by atoms with E-state index >= 15 is 0 Å². The summed E-state index contributed by atoms with van der Waals surface area (Å²) < 4.78 is 0. The number of aliphatic hydroxyl groups is 1. The Morgan fingerprint density at radius 1 is 1.09 bits per heavy atom. The Kier molecular flexibility index (Phi) is 11.9. The van der Waals surface area contributed by atoms with E-state index in [1.54, 1.807) is 12.1 Å². The lowest BCUT2D eigenvalue weighted by molar-refractivity contribution is -0.121. The molecule has 33 heavy (non-hydrogen) atoms. The van der Waals surface area contributed by atoms with E-state index in [9.17, 15) is 19.5 Å². The maximum Gasteiger partial charge on any atom is 0.335 e. The summed E-state index contributed by atoms with van der Waals surface area (Å²) in [6.07, 6.45) is 14.1. The van der Waals surface area contributed by atoms with Crippen LogP contribution in [-0.4, -0.2) is 34.0 Å². The van der Waals surface area contributed by atoms with Crippen LogP contribution in [0, 0.1) is 11.8 Å². The summed E-state index contributed by atoms with van der Waals surface area (Å²) in [5, 5.41) is 21.8. The fourth-order valence-corrected chi connectivity index (χ4v) is 4.43. The lowest BCUT2D eigenvalue weighted by Crippen LogP contribution is -2.14. The highest BCUT2D eigenvalue weighted by Gasteiger charge is 2.32. The van der Waals surface area contributed by atoms with Crippen LogP contribution >= 0.6 is 0 Å². The number of benzene rings is 1. The number of carboxylic acids is 1. The molecule has 0 saturated heterocycles. The normalized spacial score (nSPS) is 19.2. The lowest BCUT2D eigenvalue weighted by atomic mass is 9.89. The Hall–Kier alpha value is -2.47. The maximum absolute atomic E-state index is 12.3. The fourth-order valence-electron chi connectivity index (χ4n) is 4.43. The van der Waals surface area contributed by atoms with E-state index in [0.29, 0.717) is 24.3 Å². The molecule has 0 heterocycles. The van der Waals surface area contributed by atoms with Gasteiger partial charge in [-0.15, -0.1) is 0 Å². The largest absolute Gasteiger partial charge is 0.478 e. The van der Waals surface area contributed by atoms with Gasteiger partial charge >= 0.3 is 5.97 Å². The third kappa shape index (κ3) is 9.91. The molecule has 2 rings (SSSR count). The number of aromatic carboxylic acids is 1. The highest BCUT2D eigenvalue weighted by atomic mass is 16.4. The molecule has 6 heteroatoms. The zero-order valence-corrected chi connectivity index (χ0v) is 19.8. The summed E-state index contributed by atoms with van der Waals surface area (Å²) in [7, 11) is 0. The highest BCUT2D eigenvalue weighted by molar-refractivity contribution is 5.92. The monoisotopic (exact) mass is 457 g/mol. The molecule has 1 saturated carbocycles. The van der Waals surface area contributed by atoms with Gasteiger partial charge in [-0.2, -0.15) is 0 Å². The van der Waals surface area contributed by atoms with Crippen molar-refractivity contribution in [1.82, 2.24) is 0 Å². The second-order valence-electron chi connectivity index (χ2n) is 9.11. The molecule has 1 aliphatic carbocycles. The molecule has 1 amide bonds. The summed E-state index contributed by atoms with van der Waals surface area (Å²) in [6.45, 7) is 2.15. The van der Waals surface area contributed by atoms with Crippen molar-refractivity contribution < 1.29 is 24.6 Å². The molecule has 1 aromatic carbocycles. The molecule has 0 aromatic heterocycles. The number of aliphatic hydroxyl groups excluding tert-OH is 1. The first kappa shape index (κ1) is 26.8. The minimum Gasteiger partial charge on any atom is -0.478 e. The first-order valence-electron chi connectivity index (χ1n) is 12.4. The van der Waals surface area contributed by atoms with E-state index < -0.39 is 12.1 Å². The van der Waals surface area contributed by atoms with Gasteiger partial charge in [0.1, 0.15) is 5.78 Å². The summed E-state index contributed by atoms with van der Waals surface area (Å²) >= 11 is 0. The molecule has 1 aliphatic rings. The van der Waals surface area contributed by atoms with E-state index in [4.69, 9.17) is 5.11 Å². The Labute approximate surface area is 197 Å². The van der Waals surface area contributed by atoms with Crippen LogP contribution in [0.5, 0.6) is 0 Å². The van der Waals surface area contributed by atoms with Crippen molar-refractivity contribution in [3.05, 3.63) is 42.0 Å². The van der Waals surface area contributed by atoms with Gasteiger partial charge in [-0.25, -0.2) is 4.79 Å². The van der Waals surface area contributed by atoms with Crippen molar-refractivity contribution in [2.45, 2.75) is 90.1 Å². The second-order valence-corrected chi connectivity index (χ2v) is 9.11. The lowest BCUT2D eigenvalue weighted by Gasteiger charge is -2.15. The van der Waals surface area contributed by atoms with Gasteiger partial charge in [0.25, 0.3) is 0 Å². The van der Waals surface area contributed by atoms with Crippen molar-refractivity contribution in [3.8, 4) is 0 Å². The minimum absolute atomic E-state index is 0.0705. The van der Waals surface area contributed by atoms with Gasteiger partial charge in [0.05, 0.1) is 11.7 Å². The standard InChI is InChI=1S/C27H39NO5/c1-2-3-6-9-23(29)18-14-20-15-19-25(30)24(20)10-7-4-5-8-11-26(31)28-22-16-12-21(13-17-22)27(32)33/h12-14,16-18,20,23-24,29H,2-11,15,19H2,1H3,(H,28,31)(H,32,33)/t20-,23+,24-/m1/s1. The first-order valence-corrected chi connectivity index (χ1v) is 12.4. The van der Waals surface area contributed by atoms with E-state index in [-0.39, 0.29) is 23.3 Å². The number of carboxylic acid groups (broad SMARTS) is 1. The zero-order valence-electron chi connectivity index (χ0n) is 19.8. The molecule has 1 fully saturated rings. The van der Waals surface area contributed by atoms with Gasteiger partial charge in [-0.3, -0.25) is 9.59 Å². The summed E-state index contributed by atoms with van der Waals surface area (Å²) in [5.74, 6) is -0.405. The van der Waals surface area contributed by atoms with Crippen molar-refractivity contribution in [2.24, 2.45) is 11.8 Å². The Morgan fingerprint density at radius 2 is 1.82 bits per heavy atom. The first-order chi connectivity index (χ1) is 15.9. The summed E-state index contributed by atoms with van der Waals surface area (Å²) in [4.78, 5) is 35.2. The number of carbonyl (C=O) groups excluding carboxylic acids is 2. The summed E-state index contributed by atoms with van der Waals surface area (Å²) in [6, 6.07) is 6.12. The number of anilines is 1. The third-order valence-electron chi connectivity index (χ3n) is 6.42. The third-order valence-corrected chi connectivity index (χ3v) is 6.42. The van der Waals surface area contributed by atoms with Crippen molar-refractivity contribution in [1.29, 1.82) is 0 Å². The van der Waals surface area contributed by atoms with Gasteiger partial charge < -0.3 is 15.5 Å². The second kappa shape index (κ2) is 14.6. The van der Waals surface area contributed by atoms with Gasteiger partial charge in [-0.05, 0) is 55.9 Å². The SMILES string of the molecule is CCCCC[C@H](O)C=C[C@@H]1CCC(=O)[C@@H]1CCCCCCC(=O)Nc1ccc(C(=O)O)cc1. The maximum atomic E-state index is 12.3. The van der Waals surface area contributed by atoms with E-state index in [1.165, 1.54) is 12.1 Å². The van der Waals surface area contributed by atoms with Crippen LogP contribution in [-0.2, 0) is 9.59 Å². The van der Waals surface area contributed by atoms with Gasteiger partial charge in [0.2, 0.25) is 5.91 Å². The molecule has 6 nitrogen and oxygen atoms in total. The molecule has 0 spiro atoms. The van der Waals surface area contributed by atoms with Crippen molar-refractivity contribution >= 4 is 23.3 Å². The molecule has 1 aromatic rings. The average Bonchev–Trinajstić information content (AvgIpc) is 3.14. The Morgan fingerprint density at radius 3 is 2.52 bits per heavy atom. The minimum atomic E-state index is -0.991. The van der Waals surface area contributed by atoms with Crippen molar-refractivity contribution in [2.75, 3.05) is 5.32 Å². The average molecular weight is 458 g/mol. The number of ketones is 1. The molecule has 3 atom stereocenters. The van der Waals surface area contributed by atoms with E-state index in [0.717, 1.165) is 64.2 Å². The molecule has 182 valence electrons. The molecular formula is C27H39NO5. The van der Waals surface area contributed by atoms with E-state index in [2.05, 4.69) is 18.3 Å². The highest BCUT2D eigenvalue weighted by Crippen LogP contribution is 2.34. The molecule has 0 aliphatic heterocycles. The van der Waals surface area contributed by atoms with Crippen molar-refractivity contribution in [3.63, 3.8) is 0 Å². The van der Waals surface area contributed by atoms with Crippen LogP contribution in [0.2, 0.25) is 0 Å². The zero-order chi connectivity index (χ0) is 24.1. The number of amides is 1. The molecule has 0 radical (unpaired) electrons. The van der Waals surface area contributed by atoms with Crippen LogP contribution in [0.1, 0.15) is 94.3 Å². The number of unbranched alkanes of at least 4 members (excludes halogenated alkanes) is 5. The smallest absolute Gasteiger partial charge is 0.335 e. The molecule has 0 unspecified atom stereocenters. The number of carbonyl (C=O) groups is 3. The predicted octanol–water partition coefficient (Wildman–Crippen LogP) is 5.76. The van der Waals surface area contributed by atoms with Crippen LogP contribution in [0.3, 0.4) is 0 Å². The van der Waals surface area contributed by atoms with Crippen LogP contribution in [0.4, 0.5) is 5.69 Å². The quantitative estimate of drug-likeness (QED) is 0.230. The van der Waals surface area contributed by atoms with E-state index in [1.807, 2.05) is 6.08 Å². The Bertz CT molecular complexity index is 786. The number of hydrogen-bond donors (Lipinski definition) is 3. The number of allylic oxidation sites excluding steroid dienone is 1. The summed E-state index contributed by atoms with van der Waals surface area (Å²) in [5.41, 5.74) is 0.786. The van der Waals surface area contributed by atoms with Gasteiger partial charge in [0.15, 0.2) is 0 Å².